The van der Waals surface area contributed by atoms with E-state index in [9.17, 15) is 0 Å². The summed E-state index contributed by atoms with van der Waals surface area (Å²) in [6.45, 7) is 6.45. The Morgan fingerprint density at radius 3 is 2.77 bits per heavy atom. The Morgan fingerprint density at radius 2 is 2.08 bits per heavy atom. The zero-order valence-corrected chi connectivity index (χ0v) is 8.28. The van der Waals surface area contributed by atoms with Gasteiger partial charge in [0.25, 0.3) is 0 Å². The van der Waals surface area contributed by atoms with Crippen LogP contribution in [0.1, 0.15) is 30.9 Å². The highest BCUT2D eigenvalue weighted by atomic mass is 15.2. The van der Waals surface area contributed by atoms with E-state index < -0.39 is 0 Å². The molecule has 0 bridgehead atoms. The highest BCUT2D eigenvalue weighted by molar-refractivity contribution is 5.50. The van der Waals surface area contributed by atoms with Gasteiger partial charge >= 0.3 is 0 Å². The van der Waals surface area contributed by atoms with Crippen molar-refractivity contribution in [1.82, 2.24) is 9.61 Å². The molecule has 0 spiro atoms. The highest BCUT2D eigenvalue weighted by Gasteiger charge is 2.01. The van der Waals surface area contributed by atoms with Gasteiger partial charge in [0, 0.05) is 6.20 Å². The van der Waals surface area contributed by atoms with Gasteiger partial charge in [-0.1, -0.05) is 13.8 Å². The van der Waals surface area contributed by atoms with Crippen molar-refractivity contribution in [3.05, 3.63) is 35.7 Å². The molecule has 0 saturated carbocycles. The highest BCUT2D eigenvalue weighted by Crippen LogP contribution is 2.16. The van der Waals surface area contributed by atoms with Crippen LogP contribution in [-0.2, 0) is 0 Å². The lowest BCUT2D eigenvalue weighted by Gasteiger charge is -2.04. The molecule has 0 aliphatic heterocycles. The fourth-order valence-corrected chi connectivity index (χ4v) is 1.46. The number of aromatic nitrogens is 2. The summed E-state index contributed by atoms with van der Waals surface area (Å²) in [4.78, 5) is 0. The third-order valence-corrected chi connectivity index (χ3v) is 2.28. The number of aryl methyl sites for hydroxylation is 1. The Balaban J connectivity index is 2.61. The van der Waals surface area contributed by atoms with Gasteiger partial charge in [0.05, 0.1) is 11.7 Å². The van der Waals surface area contributed by atoms with Gasteiger partial charge in [0.2, 0.25) is 0 Å². The normalized spacial score (nSPS) is 11.4. The predicted molar refractivity (Wildman–Crippen MR) is 54.0 cm³/mol. The van der Waals surface area contributed by atoms with Gasteiger partial charge in [0.1, 0.15) is 0 Å². The number of fused-ring (bicyclic) bond motifs is 1. The maximum absolute atomic E-state index is 4.34. The molecule has 0 fully saturated rings. The second kappa shape index (κ2) is 2.87. The molecular weight excluding hydrogens is 160 g/mol. The Kier molecular flexibility index (Phi) is 1.83. The van der Waals surface area contributed by atoms with Gasteiger partial charge < -0.3 is 0 Å². The van der Waals surface area contributed by atoms with Crippen LogP contribution < -0.4 is 0 Å². The number of nitrogens with zero attached hydrogens (tertiary/aromatic N) is 2. The van der Waals surface area contributed by atoms with Crippen molar-refractivity contribution in [2.75, 3.05) is 0 Å². The molecule has 0 aliphatic rings. The quantitative estimate of drug-likeness (QED) is 0.649. The van der Waals surface area contributed by atoms with E-state index in [2.05, 4.69) is 38.0 Å². The molecule has 0 aliphatic carbocycles. The summed E-state index contributed by atoms with van der Waals surface area (Å²) in [6.07, 6.45) is 3.98. The van der Waals surface area contributed by atoms with Gasteiger partial charge in [-0.3, -0.25) is 0 Å². The molecule has 0 amide bonds. The first-order chi connectivity index (χ1) is 6.16. The Bertz CT molecular complexity index is 427. The van der Waals surface area contributed by atoms with E-state index in [0.29, 0.717) is 5.92 Å². The standard InChI is InChI=1S/C11H14N2/c1-8(2)10-5-11-4-9(3)7-13(11)12-6-10/h4-8H,1-3H3. The van der Waals surface area contributed by atoms with Crippen LogP contribution in [0.25, 0.3) is 5.52 Å². The number of rotatable bonds is 1. The van der Waals surface area contributed by atoms with E-state index in [1.165, 1.54) is 16.6 Å². The monoisotopic (exact) mass is 174 g/mol. The van der Waals surface area contributed by atoms with Crippen LogP contribution in [0.4, 0.5) is 0 Å². The van der Waals surface area contributed by atoms with Crippen LogP contribution in [0, 0.1) is 6.92 Å². The first kappa shape index (κ1) is 8.30. The molecule has 0 unspecified atom stereocenters. The fraction of sp³-hybridized carbons (Fsp3) is 0.364. The molecule has 0 aromatic carbocycles. The molecule has 2 heteroatoms. The van der Waals surface area contributed by atoms with E-state index >= 15 is 0 Å². The topological polar surface area (TPSA) is 17.3 Å². The van der Waals surface area contributed by atoms with Crippen molar-refractivity contribution in [3.8, 4) is 0 Å². The molecule has 0 atom stereocenters. The Hall–Kier alpha value is -1.31. The third-order valence-electron chi connectivity index (χ3n) is 2.28. The van der Waals surface area contributed by atoms with Crippen molar-refractivity contribution < 1.29 is 0 Å². The van der Waals surface area contributed by atoms with E-state index in [0.717, 1.165) is 0 Å². The van der Waals surface area contributed by atoms with Gasteiger partial charge in [-0.25, -0.2) is 4.52 Å². The van der Waals surface area contributed by atoms with Crippen molar-refractivity contribution in [2.45, 2.75) is 26.7 Å². The lowest BCUT2D eigenvalue weighted by Crippen LogP contribution is -1.93. The Labute approximate surface area is 78.2 Å². The molecule has 0 saturated heterocycles. The number of hydrogen-bond acceptors (Lipinski definition) is 1. The van der Waals surface area contributed by atoms with Gasteiger partial charge in [-0.2, -0.15) is 5.10 Å². The summed E-state index contributed by atoms with van der Waals surface area (Å²) in [5.74, 6) is 0.549. The maximum atomic E-state index is 4.34. The zero-order valence-electron chi connectivity index (χ0n) is 8.28. The van der Waals surface area contributed by atoms with Crippen LogP contribution in [0.3, 0.4) is 0 Å². The second-order valence-corrected chi connectivity index (χ2v) is 3.83. The van der Waals surface area contributed by atoms with Crippen molar-refractivity contribution >= 4 is 5.52 Å². The summed E-state index contributed by atoms with van der Waals surface area (Å²) in [7, 11) is 0. The minimum atomic E-state index is 0.549. The Morgan fingerprint density at radius 1 is 1.31 bits per heavy atom. The molecule has 0 N–H and O–H groups in total. The largest absolute Gasteiger partial charge is 0.241 e. The molecule has 68 valence electrons. The summed E-state index contributed by atoms with van der Waals surface area (Å²) in [5.41, 5.74) is 3.74. The van der Waals surface area contributed by atoms with Crippen LogP contribution >= 0.6 is 0 Å². The van der Waals surface area contributed by atoms with Gasteiger partial charge in [0.15, 0.2) is 0 Å². The summed E-state index contributed by atoms with van der Waals surface area (Å²) in [5, 5.41) is 4.34. The third kappa shape index (κ3) is 1.44. The van der Waals surface area contributed by atoms with Crippen LogP contribution in [0.2, 0.25) is 0 Å². The maximum Gasteiger partial charge on any atom is 0.0652 e. The van der Waals surface area contributed by atoms with Gasteiger partial charge in [-0.15, -0.1) is 0 Å². The molecule has 2 rings (SSSR count). The molecule has 13 heavy (non-hydrogen) atoms. The number of hydrogen-bond donors (Lipinski definition) is 0. The van der Waals surface area contributed by atoms with E-state index in [1.807, 2.05) is 16.9 Å². The van der Waals surface area contributed by atoms with Crippen molar-refractivity contribution in [3.63, 3.8) is 0 Å². The second-order valence-electron chi connectivity index (χ2n) is 3.83. The SMILES string of the molecule is Cc1cc2cc(C(C)C)cnn2c1. The molecular formula is C11H14N2. The van der Waals surface area contributed by atoms with Crippen molar-refractivity contribution in [1.29, 1.82) is 0 Å². The van der Waals surface area contributed by atoms with Crippen LogP contribution in [0.15, 0.2) is 24.5 Å². The molecule has 2 nitrogen and oxygen atoms in total. The van der Waals surface area contributed by atoms with Crippen LogP contribution in [-0.4, -0.2) is 9.61 Å². The molecule has 2 heterocycles. The minimum absolute atomic E-state index is 0.549. The summed E-state index contributed by atoms with van der Waals surface area (Å²) < 4.78 is 1.92. The molecule has 0 radical (unpaired) electrons. The van der Waals surface area contributed by atoms with E-state index in [1.54, 1.807) is 0 Å². The first-order valence-electron chi connectivity index (χ1n) is 4.62. The molecule has 2 aromatic heterocycles. The van der Waals surface area contributed by atoms with Crippen LogP contribution in [0.5, 0.6) is 0 Å². The summed E-state index contributed by atoms with van der Waals surface area (Å²) in [6, 6.07) is 4.35. The smallest absolute Gasteiger partial charge is 0.0652 e. The predicted octanol–water partition coefficient (Wildman–Crippen LogP) is 2.77. The lowest BCUT2D eigenvalue weighted by atomic mass is 10.1. The fourth-order valence-electron chi connectivity index (χ4n) is 1.46. The zero-order chi connectivity index (χ0) is 9.42. The average molecular weight is 174 g/mol. The summed E-state index contributed by atoms with van der Waals surface area (Å²) >= 11 is 0. The van der Waals surface area contributed by atoms with Crippen molar-refractivity contribution in [2.24, 2.45) is 0 Å². The van der Waals surface area contributed by atoms with Gasteiger partial charge in [-0.05, 0) is 36.1 Å². The van der Waals surface area contributed by atoms with E-state index in [4.69, 9.17) is 0 Å². The first-order valence-corrected chi connectivity index (χ1v) is 4.62. The lowest BCUT2D eigenvalue weighted by molar-refractivity contribution is 0.831. The average Bonchev–Trinajstić information content (AvgIpc) is 2.42. The van der Waals surface area contributed by atoms with E-state index in [-0.39, 0.29) is 0 Å². The molecule has 2 aromatic rings. The minimum Gasteiger partial charge on any atom is -0.241 e.